The lowest BCUT2D eigenvalue weighted by Gasteiger charge is -2.18. The number of hydrogen-bond acceptors (Lipinski definition) is 6. The van der Waals surface area contributed by atoms with Crippen LogP contribution < -0.4 is 5.32 Å². The second kappa shape index (κ2) is 9.45. The van der Waals surface area contributed by atoms with Crippen LogP contribution in [-0.4, -0.2) is 46.2 Å². The minimum Gasteiger partial charge on any atom is -0.331 e. The summed E-state index contributed by atoms with van der Waals surface area (Å²) in [7, 11) is -1.79. The Balaban J connectivity index is 1.75. The molecule has 11 heteroatoms. The highest BCUT2D eigenvalue weighted by atomic mass is 32.2. The molecule has 10 nitrogen and oxygen atoms in total. The molecule has 0 aliphatic rings. The quantitative estimate of drug-likeness (QED) is 0.387. The van der Waals surface area contributed by atoms with Crippen LogP contribution in [0.25, 0.3) is 11.0 Å². The van der Waals surface area contributed by atoms with Gasteiger partial charge in [0, 0.05) is 50.8 Å². The highest BCUT2D eigenvalue weighted by Crippen LogP contribution is 2.23. The molecule has 0 atom stereocenters. The van der Waals surface area contributed by atoms with E-state index in [1.165, 1.54) is 22.5 Å². The fourth-order valence-corrected chi connectivity index (χ4v) is 4.95. The topological polar surface area (TPSA) is 127 Å². The summed E-state index contributed by atoms with van der Waals surface area (Å²) < 4.78 is 28.8. The van der Waals surface area contributed by atoms with Crippen LogP contribution in [0.4, 0.5) is 11.4 Å². The van der Waals surface area contributed by atoms with E-state index in [1.807, 2.05) is 11.6 Å². The van der Waals surface area contributed by atoms with Crippen LogP contribution in [-0.2, 0) is 28.3 Å². The number of non-ortho nitro benzene ring substituents is 1. The highest BCUT2D eigenvalue weighted by Gasteiger charge is 2.22. The van der Waals surface area contributed by atoms with Crippen molar-refractivity contribution in [2.75, 3.05) is 18.4 Å². The van der Waals surface area contributed by atoms with Gasteiger partial charge in [-0.05, 0) is 24.3 Å². The van der Waals surface area contributed by atoms with Crippen LogP contribution in [0.1, 0.15) is 26.1 Å². The number of imidazole rings is 1. The molecular weight excluding hydrogens is 434 g/mol. The van der Waals surface area contributed by atoms with Crippen LogP contribution in [0.3, 0.4) is 0 Å². The van der Waals surface area contributed by atoms with Crippen molar-refractivity contribution in [3.8, 4) is 0 Å². The predicted molar refractivity (Wildman–Crippen MR) is 121 cm³/mol. The molecule has 2 aromatic carbocycles. The number of carbonyl (C=O) groups is 1. The molecule has 0 unspecified atom stereocenters. The minimum absolute atomic E-state index is 0.103. The number of nitrogens with one attached hydrogen (secondary N) is 1. The first kappa shape index (κ1) is 23.4. The Kier molecular flexibility index (Phi) is 6.90. The van der Waals surface area contributed by atoms with Crippen LogP contribution >= 0.6 is 0 Å². The smallest absolute Gasteiger partial charge is 0.271 e. The molecule has 170 valence electrons. The summed E-state index contributed by atoms with van der Waals surface area (Å²) in [4.78, 5) is 27.4. The van der Waals surface area contributed by atoms with Crippen molar-refractivity contribution in [3.63, 3.8) is 0 Å². The predicted octanol–water partition coefficient (Wildman–Crippen LogP) is 3.08. The number of nitro groups is 1. The van der Waals surface area contributed by atoms with Crippen molar-refractivity contribution in [1.82, 2.24) is 13.9 Å². The van der Waals surface area contributed by atoms with Crippen molar-refractivity contribution in [3.05, 3.63) is 58.4 Å². The number of sulfonamides is 1. The normalized spacial score (nSPS) is 11.8. The first-order valence-electron chi connectivity index (χ1n) is 10.2. The van der Waals surface area contributed by atoms with Crippen molar-refractivity contribution < 1.29 is 18.1 Å². The average molecular weight is 460 g/mol. The van der Waals surface area contributed by atoms with Crippen LogP contribution in [0, 0.1) is 10.1 Å². The number of benzene rings is 2. The molecule has 32 heavy (non-hydrogen) atoms. The van der Waals surface area contributed by atoms with E-state index in [0.29, 0.717) is 36.5 Å². The number of amides is 1. The Morgan fingerprint density at radius 2 is 1.91 bits per heavy atom. The monoisotopic (exact) mass is 459 g/mol. The number of carbonyl (C=O) groups excluding carboxylic acids is 1. The van der Waals surface area contributed by atoms with Gasteiger partial charge >= 0.3 is 0 Å². The summed E-state index contributed by atoms with van der Waals surface area (Å²) in [6.45, 7) is 4.34. The van der Waals surface area contributed by atoms with Crippen LogP contribution in [0.15, 0.2) is 47.4 Å². The molecule has 3 rings (SSSR count). The molecule has 0 saturated carbocycles. The Hall–Kier alpha value is -3.31. The summed E-state index contributed by atoms with van der Waals surface area (Å²) in [6.07, 6.45) is 0.439. The Morgan fingerprint density at radius 3 is 2.56 bits per heavy atom. The maximum Gasteiger partial charge on any atom is 0.271 e. The Morgan fingerprint density at radius 1 is 1.19 bits per heavy atom. The van der Waals surface area contributed by atoms with Gasteiger partial charge in [-0.3, -0.25) is 14.9 Å². The van der Waals surface area contributed by atoms with E-state index in [1.54, 1.807) is 38.1 Å². The minimum atomic E-state index is -3.59. The number of fused-ring (bicyclic) bond motifs is 1. The molecular formula is C21H25N5O5S. The first-order chi connectivity index (χ1) is 15.2. The molecule has 3 aromatic rings. The van der Waals surface area contributed by atoms with Gasteiger partial charge in [0.25, 0.3) is 5.69 Å². The highest BCUT2D eigenvalue weighted by molar-refractivity contribution is 7.89. The van der Waals surface area contributed by atoms with Crippen molar-refractivity contribution in [2.45, 2.75) is 31.6 Å². The van der Waals surface area contributed by atoms with Crippen LogP contribution in [0.2, 0.25) is 0 Å². The van der Waals surface area contributed by atoms with Crippen molar-refractivity contribution >= 4 is 38.3 Å². The SMILES string of the molecule is CCN(CC)S(=O)(=O)c1ccc2c(c1)nc(CCC(=O)Nc1cccc([N+](=O)[O-])c1)n2C. The zero-order valence-corrected chi connectivity index (χ0v) is 18.9. The molecule has 0 radical (unpaired) electrons. The third-order valence-corrected chi connectivity index (χ3v) is 7.25. The van der Waals surface area contributed by atoms with Gasteiger partial charge in [-0.15, -0.1) is 0 Å². The second-order valence-electron chi connectivity index (χ2n) is 7.18. The maximum atomic E-state index is 12.8. The molecule has 0 bridgehead atoms. The van der Waals surface area contributed by atoms with Crippen LogP contribution in [0.5, 0.6) is 0 Å². The summed E-state index contributed by atoms with van der Waals surface area (Å²) in [5.41, 5.74) is 1.54. The van der Waals surface area contributed by atoms with Crippen molar-refractivity contribution in [2.24, 2.45) is 7.05 Å². The molecule has 0 aliphatic heterocycles. The van der Waals surface area contributed by atoms with E-state index in [9.17, 15) is 23.3 Å². The number of hydrogen-bond donors (Lipinski definition) is 1. The van der Waals surface area contributed by atoms with Gasteiger partial charge in [0.05, 0.1) is 20.9 Å². The molecule has 1 amide bonds. The Bertz CT molecular complexity index is 1260. The van der Waals surface area contributed by atoms with Gasteiger partial charge in [0.15, 0.2) is 0 Å². The number of nitro benzene ring substituents is 1. The number of nitrogens with zero attached hydrogens (tertiary/aromatic N) is 4. The summed E-state index contributed by atoms with van der Waals surface area (Å²) in [6, 6.07) is 10.6. The maximum absolute atomic E-state index is 12.8. The summed E-state index contributed by atoms with van der Waals surface area (Å²) in [5.74, 6) is 0.328. The number of aromatic nitrogens is 2. The summed E-state index contributed by atoms with van der Waals surface area (Å²) in [5, 5.41) is 13.5. The lowest BCUT2D eigenvalue weighted by molar-refractivity contribution is -0.384. The summed E-state index contributed by atoms with van der Waals surface area (Å²) >= 11 is 0. The third kappa shape index (κ3) is 4.78. The molecule has 1 aromatic heterocycles. The number of aryl methyl sites for hydroxylation is 2. The molecule has 0 fully saturated rings. The zero-order valence-electron chi connectivity index (χ0n) is 18.1. The van der Waals surface area contributed by atoms with Gasteiger partial charge < -0.3 is 9.88 Å². The van der Waals surface area contributed by atoms with E-state index in [4.69, 9.17) is 0 Å². The molecule has 0 saturated heterocycles. The fourth-order valence-electron chi connectivity index (χ4n) is 3.47. The van der Waals surface area contributed by atoms with Gasteiger partial charge in [0.1, 0.15) is 5.82 Å². The molecule has 0 spiro atoms. The van der Waals surface area contributed by atoms with Gasteiger partial charge in [-0.2, -0.15) is 4.31 Å². The second-order valence-corrected chi connectivity index (χ2v) is 9.12. The lowest BCUT2D eigenvalue weighted by Crippen LogP contribution is -2.30. The van der Waals surface area contributed by atoms with E-state index in [0.717, 1.165) is 5.52 Å². The van der Waals surface area contributed by atoms with E-state index >= 15 is 0 Å². The van der Waals surface area contributed by atoms with Gasteiger partial charge in [0.2, 0.25) is 15.9 Å². The fraction of sp³-hybridized carbons (Fsp3) is 0.333. The Labute approximate surface area is 186 Å². The molecule has 1 N–H and O–H groups in total. The van der Waals surface area contributed by atoms with E-state index in [2.05, 4.69) is 10.3 Å². The largest absolute Gasteiger partial charge is 0.331 e. The zero-order chi connectivity index (χ0) is 23.5. The lowest BCUT2D eigenvalue weighted by atomic mass is 10.2. The first-order valence-corrected chi connectivity index (χ1v) is 11.6. The third-order valence-electron chi connectivity index (χ3n) is 5.20. The average Bonchev–Trinajstić information content (AvgIpc) is 3.08. The van der Waals surface area contributed by atoms with Crippen molar-refractivity contribution in [1.29, 1.82) is 0 Å². The molecule has 0 aliphatic carbocycles. The molecule has 1 heterocycles. The number of rotatable bonds is 9. The van der Waals surface area contributed by atoms with Gasteiger partial charge in [-0.25, -0.2) is 13.4 Å². The van der Waals surface area contributed by atoms with E-state index < -0.39 is 14.9 Å². The standard InChI is InChI=1S/C21H25N5O5S/c1-4-25(5-2)32(30,31)17-9-10-19-18(14-17)23-20(24(19)3)11-12-21(27)22-15-7-6-8-16(13-15)26(28)29/h6-10,13-14H,4-5,11-12H2,1-3H3,(H,22,27). The van der Waals surface area contributed by atoms with E-state index in [-0.39, 0.29) is 22.9 Å². The van der Waals surface area contributed by atoms with Gasteiger partial charge in [-0.1, -0.05) is 19.9 Å². The number of anilines is 1.